The van der Waals surface area contributed by atoms with Crippen LogP contribution >= 0.6 is 0 Å². The lowest BCUT2D eigenvalue weighted by Crippen LogP contribution is -2.46. The van der Waals surface area contributed by atoms with E-state index in [1.165, 1.54) is 0 Å². The number of rotatable bonds is 7. The summed E-state index contributed by atoms with van der Waals surface area (Å²) in [6.45, 7) is 1.81. The van der Waals surface area contributed by atoms with Gasteiger partial charge in [0.1, 0.15) is 5.75 Å². The molecule has 1 aromatic carbocycles. The van der Waals surface area contributed by atoms with E-state index in [2.05, 4.69) is 14.9 Å². The van der Waals surface area contributed by atoms with Crippen LogP contribution in [0.25, 0.3) is 11.4 Å². The van der Waals surface area contributed by atoms with E-state index in [0.29, 0.717) is 37.9 Å². The van der Waals surface area contributed by atoms with Gasteiger partial charge in [0.25, 0.3) is 0 Å². The van der Waals surface area contributed by atoms with E-state index >= 15 is 0 Å². The number of aliphatic hydroxyl groups is 1. The fourth-order valence-corrected chi connectivity index (χ4v) is 2.85. The second-order valence-electron chi connectivity index (χ2n) is 5.96. The normalized spacial score (nSPS) is 17.8. The molecule has 0 aliphatic carbocycles. The summed E-state index contributed by atoms with van der Waals surface area (Å²) in [5.41, 5.74) is 1.63. The smallest absolute Gasteiger partial charge is 0.341 e. The Morgan fingerprint density at radius 3 is 2.88 bits per heavy atom. The fourth-order valence-electron chi connectivity index (χ4n) is 2.85. The highest BCUT2D eigenvalue weighted by molar-refractivity contribution is 5.68. The van der Waals surface area contributed by atoms with E-state index in [9.17, 15) is 9.90 Å². The molecule has 2 heterocycles. The van der Waals surface area contributed by atoms with Gasteiger partial charge in [-0.3, -0.25) is 4.90 Å². The number of carboxylic acid groups (broad SMARTS) is 1. The molecule has 0 amide bonds. The van der Waals surface area contributed by atoms with Gasteiger partial charge in [-0.25, -0.2) is 14.8 Å². The van der Waals surface area contributed by atoms with Gasteiger partial charge >= 0.3 is 5.97 Å². The van der Waals surface area contributed by atoms with Crippen LogP contribution in [0.2, 0.25) is 0 Å². The number of morpholine rings is 1. The van der Waals surface area contributed by atoms with E-state index in [4.69, 9.17) is 14.6 Å². The molecule has 1 aliphatic rings. The minimum atomic E-state index is -1.04. The fraction of sp³-hybridized carbons (Fsp3) is 0.389. The van der Waals surface area contributed by atoms with Crippen molar-refractivity contribution in [3.8, 4) is 17.1 Å². The van der Waals surface area contributed by atoms with Crippen LogP contribution in [0.3, 0.4) is 0 Å². The van der Waals surface area contributed by atoms with Crippen molar-refractivity contribution in [1.82, 2.24) is 14.9 Å². The van der Waals surface area contributed by atoms with Crippen LogP contribution in [0, 0.1) is 0 Å². The lowest BCUT2D eigenvalue weighted by molar-refractivity contribution is -0.139. The average Bonchev–Trinajstić information content (AvgIpc) is 2.68. The van der Waals surface area contributed by atoms with Gasteiger partial charge in [0.05, 0.1) is 25.9 Å². The first-order valence-electron chi connectivity index (χ1n) is 8.35. The number of benzene rings is 1. The summed E-state index contributed by atoms with van der Waals surface area (Å²) >= 11 is 0. The molecule has 138 valence electrons. The maximum absolute atomic E-state index is 10.9. The SMILES string of the molecule is O=C(O)COc1ccc(-c2ncccn2)cc1CN1CCOC[C@@H]1CO. The molecule has 1 aliphatic heterocycles. The maximum atomic E-state index is 10.9. The monoisotopic (exact) mass is 359 g/mol. The average molecular weight is 359 g/mol. The Bertz CT molecular complexity index is 741. The van der Waals surface area contributed by atoms with E-state index in [-0.39, 0.29) is 12.6 Å². The number of hydrogen-bond donors (Lipinski definition) is 2. The first-order valence-corrected chi connectivity index (χ1v) is 8.35. The van der Waals surface area contributed by atoms with Gasteiger partial charge in [0, 0.05) is 36.6 Å². The third-order valence-electron chi connectivity index (χ3n) is 4.17. The molecule has 1 aromatic heterocycles. The van der Waals surface area contributed by atoms with E-state index in [1.54, 1.807) is 30.6 Å². The lowest BCUT2D eigenvalue weighted by Gasteiger charge is -2.34. The highest BCUT2D eigenvalue weighted by atomic mass is 16.5. The minimum Gasteiger partial charge on any atom is -0.482 e. The topological polar surface area (TPSA) is 105 Å². The molecule has 0 bridgehead atoms. The zero-order valence-electron chi connectivity index (χ0n) is 14.2. The summed E-state index contributed by atoms with van der Waals surface area (Å²) in [4.78, 5) is 21.5. The molecule has 0 spiro atoms. The number of hydrogen-bond acceptors (Lipinski definition) is 7. The van der Waals surface area contributed by atoms with Crippen LogP contribution in [0.5, 0.6) is 5.75 Å². The van der Waals surface area contributed by atoms with Gasteiger partial charge < -0.3 is 19.7 Å². The Morgan fingerprint density at radius 1 is 1.35 bits per heavy atom. The summed E-state index contributed by atoms with van der Waals surface area (Å²) in [6, 6.07) is 7.08. The van der Waals surface area contributed by atoms with Crippen molar-refractivity contribution < 1.29 is 24.5 Å². The molecule has 3 rings (SSSR count). The quantitative estimate of drug-likeness (QED) is 0.748. The molecule has 8 nitrogen and oxygen atoms in total. The molecule has 1 saturated heterocycles. The largest absolute Gasteiger partial charge is 0.482 e. The molecule has 0 unspecified atom stereocenters. The Hall–Kier alpha value is -2.55. The van der Waals surface area contributed by atoms with E-state index in [1.807, 2.05) is 6.07 Å². The van der Waals surface area contributed by atoms with Crippen LogP contribution in [0.4, 0.5) is 0 Å². The number of carboxylic acids is 1. The van der Waals surface area contributed by atoms with Crippen LogP contribution in [0.15, 0.2) is 36.7 Å². The van der Waals surface area contributed by atoms with Crippen LogP contribution in [0.1, 0.15) is 5.56 Å². The highest BCUT2D eigenvalue weighted by Gasteiger charge is 2.23. The molecule has 0 saturated carbocycles. The van der Waals surface area contributed by atoms with Crippen molar-refractivity contribution in [2.45, 2.75) is 12.6 Å². The molecule has 1 atom stereocenters. The predicted octanol–water partition coefficient (Wildman–Crippen LogP) is 0.800. The van der Waals surface area contributed by atoms with Crippen molar-refractivity contribution in [2.24, 2.45) is 0 Å². The highest BCUT2D eigenvalue weighted by Crippen LogP contribution is 2.27. The summed E-state index contributed by atoms with van der Waals surface area (Å²) in [5, 5.41) is 18.5. The number of nitrogens with zero attached hydrogens (tertiary/aromatic N) is 3. The summed E-state index contributed by atoms with van der Waals surface area (Å²) < 4.78 is 10.9. The number of aromatic nitrogens is 2. The molecule has 8 heteroatoms. The van der Waals surface area contributed by atoms with Crippen molar-refractivity contribution in [3.63, 3.8) is 0 Å². The molecular weight excluding hydrogens is 338 g/mol. The van der Waals surface area contributed by atoms with Crippen LogP contribution in [-0.4, -0.2) is 70.1 Å². The van der Waals surface area contributed by atoms with Gasteiger partial charge in [-0.15, -0.1) is 0 Å². The maximum Gasteiger partial charge on any atom is 0.341 e. The predicted molar refractivity (Wildman–Crippen MR) is 92.7 cm³/mol. The summed E-state index contributed by atoms with van der Waals surface area (Å²) in [5.74, 6) is 0.0421. The third kappa shape index (κ3) is 4.54. The third-order valence-corrected chi connectivity index (χ3v) is 4.17. The molecule has 0 radical (unpaired) electrons. The van der Waals surface area contributed by atoms with Crippen molar-refractivity contribution >= 4 is 5.97 Å². The number of aliphatic hydroxyl groups excluding tert-OH is 1. The van der Waals surface area contributed by atoms with Gasteiger partial charge in [-0.1, -0.05) is 0 Å². The Labute approximate surface area is 151 Å². The van der Waals surface area contributed by atoms with Gasteiger partial charge in [0.15, 0.2) is 12.4 Å². The molecule has 2 N–H and O–H groups in total. The molecule has 1 fully saturated rings. The molecule has 26 heavy (non-hydrogen) atoms. The van der Waals surface area contributed by atoms with Crippen LogP contribution < -0.4 is 4.74 Å². The van der Waals surface area contributed by atoms with Gasteiger partial charge in [-0.05, 0) is 24.3 Å². The number of carbonyl (C=O) groups is 1. The Morgan fingerprint density at radius 2 is 2.15 bits per heavy atom. The first-order chi connectivity index (χ1) is 12.7. The minimum absolute atomic E-state index is 0.00714. The molecular formula is C18H21N3O5. The van der Waals surface area contributed by atoms with Crippen molar-refractivity contribution in [3.05, 3.63) is 42.2 Å². The Kier molecular flexibility index (Phi) is 6.11. The first kappa shape index (κ1) is 18.2. The van der Waals surface area contributed by atoms with Crippen molar-refractivity contribution in [1.29, 1.82) is 0 Å². The van der Waals surface area contributed by atoms with Gasteiger partial charge in [-0.2, -0.15) is 0 Å². The van der Waals surface area contributed by atoms with Crippen LogP contribution in [-0.2, 0) is 16.1 Å². The van der Waals surface area contributed by atoms with E-state index in [0.717, 1.165) is 11.1 Å². The number of aliphatic carboxylic acids is 1. The summed E-state index contributed by atoms with van der Waals surface area (Å²) in [7, 11) is 0. The Balaban J connectivity index is 1.88. The second kappa shape index (κ2) is 8.70. The molecule has 2 aromatic rings. The standard InChI is InChI=1S/C18H21N3O5/c22-10-15-11-25-7-6-21(15)9-14-8-13(18-19-4-1-5-20-18)2-3-16(14)26-12-17(23)24/h1-5,8,15,22H,6-7,9-12H2,(H,23,24)/t15-/m0/s1. The van der Waals surface area contributed by atoms with Gasteiger partial charge in [0.2, 0.25) is 0 Å². The zero-order chi connectivity index (χ0) is 18.4. The zero-order valence-corrected chi connectivity index (χ0v) is 14.2. The summed E-state index contributed by atoms with van der Waals surface area (Å²) in [6.07, 6.45) is 3.33. The second-order valence-corrected chi connectivity index (χ2v) is 5.96. The number of ether oxygens (including phenoxy) is 2. The van der Waals surface area contributed by atoms with Crippen molar-refractivity contribution in [2.75, 3.05) is 33.0 Å². The lowest BCUT2D eigenvalue weighted by atomic mass is 10.1. The van der Waals surface area contributed by atoms with E-state index < -0.39 is 12.6 Å².